The molecule has 3 heteroatoms. The summed E-state index contributed by atoms with van der Waals surface area (Å²) in [7, 11) is 0. The fourth-order valence-corrected chi connectivity index (χ4v) is 2.36. The highest BCUT2D eigenvalue weighted by Gasteiger charge is 2.12. The van der Waals surface area contributed by atoms with Gasteiger partial charge in [-0.3, -0.25) is 4.79 Å². The molecule has 0 aromatic heterocycles. The van der Waals surface area contributed by atoms with Gasteiger partial charge in [0.2, 0.25) is 0 Å². The molecule has 4 radical (unpaired) electrons. The number of hydrogen-bond donors (Lipinski definition) is 1. The lowest BCUT2D eigenvalue weighted by Crippen LogP contribution is -2.05. The molecule has 0 heterocycles. The molecule has 0 aromatic carbocycles. The van der Waals surface area contributed by atoms with Gasteiger partial charge in [0.1, 0.15) is 0 Å². The molecule has 0 aliphatic heterocycles. The van der Waals surface area contributed by atoms with Gasteiger partial charge in [-0.15, -0.1) is 0 Å². The second-order valence-electron chi connectivity index (χ2n) is 4.50. The SMILES string of the molecule is O=C(O)CCCCCC1CCCCC1.[Si]. The smallest absolute Gasteiger partial charge is 0.303 e. The quantitative estimate of drug-likeness (QED) is 0.558. The van der Waals surface area contributed by atoms with Crippen LogP contribution >= 0.6 is 0 Å². The van der Waals surface area contributed by atoms with Crippen LogP contribution < -0.4 is 0 Å². The third-order valence-electron chi connectivity index (χ3n) is 3.23. The fourth-order valence-electron chi connectivity index (χ4n) is 2.36. The second kappa shape index (κ2) is 8.95. The average Bonchev–Trinajstić information content (AvgIpc) is 2.18. The first kappa shape index (κ1) is 14.7. The molecular weight excluding hydrogens is 204 g/mol. The number of carboxylic acid groups (broad SMARTS) is 1. The Morgan fingerprint density at radius 3 is 2.33 bits per heavy atom. The van der Waals surface area contributed by atoms with Crippen molar-refractivity contribution in [3.05, 3.63) is 0 Å². The Morgan fingerprint density at radius 1 is 1.07 bits per heavy atom. The van der Waals surface area contributed by atoms with Gasteiger partial charge in [0.05, 0.1) is 0 Å². The van der Waals surface area contributed by atoms with Crippen molar-refractivity contribution in [2.45, 2.75) is 64.2 Å². The monoisotopic (exact) mass is 226 g/mol. The fraction of sp³-hybridized carbons (Fsp3) is 0.917. The highest BCUT2D eigenvalue weighted by molar-refractivity contribution is 5.75. The molecule has 86 valence electrons. The molecule has 1 fully saturated rings. The second-order valence-corrected chi connectivity index (χ2v) is 4.50. The van der Waals surface area contributed by atoms with Crippen LogP contribution in [0.2, 0.25) is 0 Å². The van der Waals surface area contributed by atoms with Crippen LogP contribution in [-0.2, 0) is 4.79 Å². The summed E-state index contributed by atoms with van der Waals surface area (Å²) in [6.45, 7) is 0. The number of aliphatic carboxylic acids is 1. The van der Waals surface area contributed by atoms with Crippen LogP contribution in [0, 0.1) is 5.92 Å². The van der Waals surface area contributed by atoms with Gasteiger partial charge in [-0.25, -0.2) is 0 Å². The van der Waals surface area contributed by atoms with Crippen molar-refractivity contribution < 1.29 is 9.90 Å². The van der Waals surface area contributed by atoms with Gasteiger partial charge in [-0.1, -0.05) is 51.4 Å². The third kappa shape index (κ3) is 7.60. The minimum Gasteiger partial charge on any atom is -0.481 e. The van der Waals surface area contributed by atoms with E-state index < -0.39 is 5.97 Å². The van der Waals surface area contributed by atoms with Crippen LogP contribution in [0.15, 0.2) is 0 Å². The lowest BCUT2D eigenvalue weighted by Gasteiger charge is -2.21. The molecule has 1 N–H and O–H groups in total. The Kier molecular flexibility index (Phi) is 8.77. The van der Waals surface area contributed by atoms with Gasteiger partial charge in [0.25, 0.3) is 0 Å². The van der Waals surface area contributed by atoms with E-state index in [1.165, 1.54) is 44.9 Å². The van der Waals surface area contributed by atoms with Crippen LogP contribution in [0.3, 0.4) is 0 Å². The molecular formula is C12H22O2Si. The van der Waals surface area contributed by atoms with Gasteiger partial charge >= 0.3 is 5.97 Å². The largest absolute Gasteiger partial charge is 0.481 e. The Balaban J connectivity index is 0.00000196. The summed E-state index contributed by atoms with van der Waals surface area (Å²) in [5, 5.41) is 8.46. The van der Waals surface area contributed by atoms with Gasteiger partial charge in [-0.05, 0) is 12.3 Å². The van der Waals surface area contributed by atoms with Crippen LogP contribution in [-0.4, -0.2) is 22.0 Å². The van der Waals surface area contributed by atoms with Crippen LogP contribution in [0.4, 0.5) is 0 Å². The maximum atomic E-state index is 10.3. The van der Waals surface area contributed by atoms with Crippen LogP contribution in [0.1, 0.15) is 64.2 Å². The van der Waals surface area contributed by atoms with E-state index in [4.69, 9.17) is 5.11 Å². The Hall–Kier alpha value is -0.313. The number of rotatable bonds is 6. The minimum atomic E-state index is -0.650. The summed E-state index contributed by atoms with van der Waals surface area (Å²) in [6.07, 6.45) is 12.0. The maximum Gasteiger partial charge on any atom is 0.303 e. The summed E-state index contributed by atoms with van der Waals surface area (Å²) in [4.78, 5) is 10.3. The van der Waals surface area contributed by atoms with Crippen molar-refractivity contribution >= 4 is 16.9 Å². The van der Waals surface area contributed by atoms with E-state index in [1.54, 1.807) is 0 Å². The van der Waals surface area contributed by atoms with Gasteiger partial charge in [-0.2, -0.15) is 0 Å². The Labute approximate surface area is 97.5 Å². The molecule has 0 spiro atoms. The molecule has 0 amide bonds. The van der Waals surface area contributed by atoms with Crippen molar-refractivity contribution in [1.82, 2.24) is 0 Å². The Morgan fingerprint density at radius 2 is 1.73 bits per heavy atom. The van der Waals surface area contributed by atoms with Gasteiger partial charge in [0.15, 0.2) is 0 Å². The zero-order chi connectivity index (χ0) is 10.2. The molecule has 1 aliphatic carbocycles. The molecule has 1 rings (SSSR count). The lowest BCUT2D eigenvalue weighted by molar-refractivity contribution is -0.137. The molecule has 0 atom stereocenters. The highest BCUT2D eigenvalue weighted by atomic mass is 28.1. The standard InChI is InChI=1S/C12H22O2.Si/c13-12(14)10-6-2-5-9-11-7-3-1-4-8-11;/h11H,1-10H2,(H,13,14);. The predicted octanol–water partition coefficient (Wildman–Crippen LogP) is 3.22. The van der Waals surface area contributed by atoms with E-state index in [-0.39, 0.29) is 11.0 Å². The molecule has 15 heavy (non-hydrogen) atoms. The normalized spacial score (nSPS) is 17.1. The van der Waals surface area contributed by atoms with E-state index in [0.717, 1.165) is 18.8 Å². The van der Waals surface area contributed by atoms with Gasteiger partial charge < -0.3 is 5.11 Å². The van der Waals surface area contributed by atoms with E-state index in [1.807, 2.05) is 0 Å². The van der Waals surface area contributed by atoms with Crippen molar-refractivity contribution in [3.63, 3.8) is 0 Å². The van der Waals surface area contributed by atoms with E-state index in [9.17, 15) is 4.79 Å². The lowest BCUT2D eigenvalue weighted by atomic mass is 9.85. The van der Waals surface area contributed by atoms with Crippen LogP contribution in [0.5, 0.6) is 0 Å². The predicted molar refractivity (Wildman–Crippen MR) is 63.0 cm³/mol. The average molecular weight is 226 g/mol. The molecule has 1 saturated carbocycles. The third-order valence-corrected chi connectivity index (χ3v) is 3.23. The van der Waals surface area contributed by atoms with Crippen molar-refractivity contribution in [3.8, 4) is 0 Å². The number of carbonyl (C=O) groups is 1. The van der Waals surface area contributed by atoms with Crippen molar-refractivity contribution in [1.29, 1.82) is 0 Å². The topological polar surface area (TPSA) is 37.3 Å². The highest BCUT2D eigenvalue weighted by Crippen LogP contribution is 2.27. The van der Waals surface area contributed by atoms with Crippen LogP contribution in [0.25, 0.3) is 0 Å². The number of unbranched alkanes of at least 4 members (excludes halogenated alkanes) is 2. The summed E-state index contributed by atoms with van der Waals surface area (Å²) >= 11 is 0. The van der Waals surface area contributed by atoms with Crippen molar-refractivity contribution in [2.75, 3.05) is 0 Å². The van der Waals surface area contributed by atoms with Gasteiger partial charge in [0, 0.05) is 17.4 Å². The minimum absolute atomic E-state index is 0. The molecule has 0 saturated heterocycles. The first-order valence-electron chi connectivity index (χ1n) is 6.01. The zero-order valence-corrected chi connectivity index (χ0v) is 10.5. The Bertz CT molecular complexity index is 165. The zero-order valence-electron chi connectivity index (χ0n) is 9.50. The number of carboxylic acids is 1. The molecule has 1 aliphatic rings. The molecule has 0 unspecified atom stereocenters. The molecule has 0 bridgehead atoms. The van der Waals surface area contributed by atoms with E-state index in [2.05, 4.69) is 0 Å². The maximum absolute atomic E-state index is 10.3. The molecule has 0 aromatic rings. The van der Waals surface area contributed by atoms with Crippen molar-refractivity contribution in [2.24, 2.45) is 5.92 Å². The first-order valence-corrected chi connectivity index (χ1v) is 6.01. The molecule has 2 nitrogen and oxygen atoms in total. The van der Waals surface area contributed by atoms with E-state index in [0.29, 0.717) is 6.42 Å². The summed E-state index contributed by atoms with van der Waals surface area (Å²) < 4.78 is 0. The first-order chi connectivity index (χ1) is 6.79. The summed E-state index contributed by atoms with van der Waals surface area (Å²) in [6, 6.07) is 0. The summed E-state index contributed by atoms with van der Waals surface area (Å²) in [5.74, 6) is 0.302. The summed E-state index contributed by atoms with van der Waals surface area (Å²) in [5.41, 5.74) is 0. The number of hydrogen-bond acceptors (Lipinski definition) is 1. The van der Waals surface area contributed by atoms with E-state index >= 15 is 0 Å².